The zero-order valence-corrected chi connectivity index (χ0v) is 11.7. The van der Waals surface area contributed by atoms with E-state index in [0.717, 1.165) is 38.1 Å². The Kier molecular flexibility index (Phi) is 5.46. The molecule has 112 valence electrons. The van der Waals surface area contributed by atoms with Crippen molar-refractivity contribution in [2.45, 2.75) is 32.0 Å². The number of piperidine rings is 1. The molecule has 3 nitrogen and oxygen atoms in total. The summed E-state index contributed by atoms with van der Waals surface area (Å²) in [6.07, 6.45) is 1.44. The summed E-state index contributed by atoms with van der Waals surface area (Å²) < 4.78 is 31.6. The van der Waals surface area contributed by atoms with E-state index in [0.29, 0.717) is 18.7 Å². The van der Waals surface area contributed by atoms with E-state index in [-0.39, 0.29) is 6.10 Å². The van der Waals surface area contributed by atoms with Gasteiger partial charge in [0.05, 0.1) is 12.2 Å². The van der Waals surface area contributed by atoms with E-state index < -0.39 is 17.7 Å². The highest BCUT2D eigenvalue weighted by Gasteiger charge is 2.22. The van der Waals surface area contributed by atoms with Gasteiger partial charge >= 0.3 is 0 Å². The standard InChI is InChI=1S/C15H21F2NO2/c1-2-20-12-4-3-7-18(9-12)10-15(19)11-5-6-13(16)14(17)8-11/h5-6,8,12,15,19H,2-4,7,9-10H2,1H3. The van der Waals surface area contributed by atoms with E-state index in [1.165, 1.54) is 6.07 Å². The Hall–Kier alpha value is -1.04. The van der Waals surface area contributed by atoms with Crippen LogP contribution in [0.15, 0.2) is 18.2 Å². The molecule has 1 saturated heterocycles. The van der Waals surface area contributed by atoms with Crippen LogP contribution in [0.3, 0.4) is 0 Å². The second-order valence-corrected chi connectivity index (χ2v) is 5.17. The quantitative estimate of drug-likeness (QED) is 0.902. The highest BCUT2D eigenvalue weighted by atomic mass is 19.2. The van der Waals surface area contributed by atoms with E-state index in [1.54, 1.807) is 0 Å². The van der Waals surface area contributed by atoms with Gasteiger partial charge in [0.25, 0.3) is 0 Å². The lowest BCUT2D eigenvalue weighted by molar-refractivity contribution is -0.00709. The van der Waals surface area contributed by atoms with Crippen LogP contribution < -0.4 is 0 Å². The van der Waals surface area contributed by atoms with E-state index >= 15 is 0 Å². The average molecular weight is 285 g/mol. The van der Waals surface area contributed by atoms with Crippen LogP contribution in [0.2, 0.25) is 0 Å². The smallest absolute Gasteiger partial charge is 0.159 e. The van der Waals surface area contributed by atoms with Gasteiger partial charge in [-0.15, -0.1) is 0 Å². The molecule has 1 aliphatic heterocycles. The Balaban J connectivity index is 1.93. The molecule has 1 N–H and O–H groups in total. The van der Waals surface area contributed by atoms with Crippen molar-refractivity contribution in [2.75, 3.05) is 26.2 Å². The molecule has 0 spiro atoms. The molecule has 1 aromatic carbocycles. The number of hydrogen-bond acceptors (Lipinski definition) is 3. The van der Waals surface area contributed by atoms with Gasteiger partial charge in [0.2, 0.25) is 0 Å². The van der Waals surface area contributed by atoms with Crippen LogP contribution in [0.25, 0.3) is 0 Å². The lowest BCUT2D eigenvalue weighted by Crippen LogP contribution is -2.41. The Bertz CT molecular complexity index is 440. The van der Waals surface area contributed by atoms with Gasteiger partial charge in [-0.05, 0) is 44.0 Å². The van der Waals surface area contributed by atoms with Gasteiger partial charge in [0, 0.05) is 19.7 Å². The largest absolute Gasteiger partial charge is 0.387 e. The summed E-state index contributed by atoms with van der Waals surface area (Å²) in [5.74, 6) is -1.82. The average Bonchev–Trinajstić information content (AvgIpc) is 2.42. The summed E-state index contributed by atoms with van der Waals surface area (Å²) in [5, 5.41) is 10.1. The molecule has 1 heterocycles. The lowest BCUT2D eigenvalue weighted by Gasteiger charge is -2.33. The van der Waals surface area contributed by atoms with Crippen LogP contribution in [-0.4, -0.2) is 42.4 Å². The number of rotatable bonds is 5. The van der Waals surface area contributed by atoms with E-state index in [4.69, 9.17) is 4.74 Å². The number of likely N-dealkylation sites (tertiary alicyclic amines) is 1. The van der Waals surface area contributed by atoms with Crippen molar-refractivity contribution in [1.82, 2.24) is 4.90 Å². The molecule has 0 bridgehead atoms. The van der Waals surface area contributed by atoms with Crippen LogP contribution >= 0.6 is 0 Å². The second-order valence-electron chi connectivity index (χ2n) is 5.17. The van der Waals surface area contributed by atoms with Crippen LogP contribution in [0.5, 0.6) is 0 Å². The zero-order valence-electron chi connectivity index (χ0n) is 11.7. The van der Waals surface area contributed by atoms with Crippen LogP contribution in [0.4, 0.5) is 8.78 Å². The summed E-state index contributed by atoms with van der Waals surface area (Å²) in [5.41, 5.74) is 0.405. The number of aliphatic hydroxyl groups is 1. The Labute approximate surface area is 118 Å². The molecule has 0 saturated carbocycles. The van der Waals surface area contributed by atoms with Crippen molar-refractivity contribution in [3.05, 3.63) is 35.4 Å². The molecule has 1 aromatic rings. The molecule has 2 rings (SSSR count). The molecule has 1 aliphatic rings. The Morgan fingerprint density at radius 2 is 2.20 bits per heavy atom. The van der Waals surface area contributed by atoms with Gasteiger partial charge in [0.15, 0.2) is 11.6 Å². The van der Waals surface area contributed by atoms with Crippen molar-refractivity contribution < 1.29 is 18.6 Å². The minimum absolute atomic E-state index is 0.200. The van der Waals surface area contributed by atoms with Gasteiger partial charge in [-0.25, -0.2) is 8.78 Å². The molecule has 1 fully saturated rings. The Morgan fingerprint density at radius 1 is 1.40 bits per heavy atom. The molecule has 20 heavy (non-hydrogen) atoms. The molecule has 2 atom stereocenters. The van der Waals surface area contributed by atoms with E-state index in [2.05, 4.69) is 4.90 Å². The fourth-order valence-corrected chi connectivity index (χ4v) is 2.62. The molecular formula is C15H21F2NO2. The molecule has 2 unspecified atom stereocenters. The first-order chi connectivity index (χ1) is 9.60. The minimum atomic E-state index is -0.924. The third-order valence-electron chi connectivity index (χ3n) is 3.62. The van der Waals surface area contributed by atoms with Gasteiger partial charge in [-0.3, -0.25) is 4.90 Å². The SMILES string of the molecule is CCOC1CCCN(CC(O)c2ccc(F)c(F)c2)C1. The highest BCUT2D eigenvalue weighted by Crippen LogP contribution is 2.20. The number of benzene rings is 1. The summed E-state index contributed by atoms with van der Waals surface area (Å²) in [4.78, 5) is 2.11. The second kappa shape index (κ2) is 7.11. The predicted octanol–water partition coefficient (Wildman–Crippen LogP) is 2.50. The summed E-state index contributed by atoms with van der Waals surface area (Å²) >= 11 is 0. The van der Waals surface area contributed by atoms with Crippen LogP contribution in [0, 0.1) is 11.6 Å². The van der Waals surface area contributed by atoms with Crippen molar-refractivity contribution in [3.63, 3.8) is 0 Å². The summed E-state index contributed by atoms with van der Waals surface area (Å²) in [6, 6.07) is 3.53. The van der Waals surface area contributed by atoms with E-state index in [9.17, 15) is 13.9 Å². The fraction of sp³-hybridized carbons (Fsp3) is 0.600. The van der Waals surface area contributed by atoms with Crippen LogP contribution in [-0.2, 0) is 4.74 Å². The van der Waals surface area contributed by atoms with Crippen molar-refractivity contribution in [1.29, 1.82) is 0 Å². The fourth-order valence-electron chi connectivity index (χ4n) is 2.62. The first-order valence-corrected chi connectivity index (χ1v) is 7.07. The van der Waals surface area contributed by atoms with Gasteiger partial charge in [0.1, 0.15) is 0 Å². The monoisotopic (exact) mass is 285 g/mol. The Morgan fingerprint density at radius 3 is 2.90 bits per heavy atom. The van der Waals surface area contributed by atoms with Gasteiger partial charge < -0.3 is 9.84 Å². The molecule has 0 amide bonds. The molecule has 0 aromatic heterocycles. The molecule has 5 heteroatoms. The third kappa shape index (κ3) is 3.98. The normalized spacial score (nSPS) is 21.9. The number of ether oxygens (including phenoxy) is 1. The summed E-state index contributed by atoms with van der Waals surface area (Å²) in [7, 11) is 0. The highest BCUT2D eigenvalue weighted by molar-refractivity contribution is 5.20. The molecule has 0 aliphatic carbocycles. The van der Waals surface area contributed by atoms with E-state index in [1.807, 2.05) is 6.92 Å². The topological polar surface area (TPSA) is 32.7 Å². The van der Waals surface area contributed by atoms with Crippen molar-refractivity contribution >= 4 is 0 Å². The first kappa shape index (κ1) is 15.4. The van der Waals surface area contributed by atoms with Crippen molar-refractivity contribution in [2.24, 2.45) is 0 Å². The predicted molar refractivity (Wildman–Crippen MR) is 72.4 cm³/mol. The zero-order chi connectivity index (χ0) is 14.5. The maximum atomic E-state index is 13.2. The van der Waals surface area contributed by atoms with Crippen LogP contribution in [0.1, 0.15) is 31.4 Å². The molecular weight excluding hydrogens is 264 g/mol. The van der Waals surface area contributed by atoms with Gasteiger partial charge in [-0.1, -0.05) is 6.07 Å². The summed E-state index contributed by atoms with van der Waals surface area (Å²) in [6.45, 7) is 4.73. The minimum Gasteiger partial charge on any atom is -0.387 e. The third-order valence-corrected chi connectivity index (χ3v) is 3.62. The first-order valence-electron chi connectivity index (χ1n) is 7.07. The number of β-amino-alcohol motifs (C(OH)–C–C–N with tert-alkyl or cyclic N) is 1. The molecule has 0 radical (unpaired) electrons. The van der Waals surface area contributed by atoms with Gasteiger partial charge in [-0.2, -0.15) is 0 Å². The number of nitrogens with zero attached hydrogens (tertiary/aromatic N) is 1. The number of aliphatic hydroxyl groups excluding tert-OH is 1. The maximum absolute atomic E-state index is 13.2. The van der Waals surface area contributed by atoms with Crippen molar-refractivity contribution in [3.8, 4) is 0 Å². The maximum Gasteiger partial charge on any atom is 0.159 e. The lowest BCUT2D eigenvalue weighted by atomic mass is 10.0. The number of halogens is 2. The number of hydrogen-bond donors (Lipinski definition) is 1.